The number of aryl methyl sites for hydroxylation is 1. The molecule has 2 aromatic carbocycles. The summed E-state index contributed by atoms with van der Waals surface area (Å²) in [5, 5.41) is 16.9. The van der Waals surface area contributed by atoms with Crippen LogP contribution in [-0.2, 0) is 4.79 Å². The molecule has 0 heterocycles. The third-order valence-electron chi connectivity index (χ3n) is 2.77. The zero-order valence-electron chi connectivity index (χ0n) is 11.1. The van der Waals surface area contributed by atoms with Crippen molar-refractivity contribution < 1.29 is 19.8 Å². The molecule has 0 aliphatic heterocycles. The van der Waals surface area contributed by atoms with Crippen molar-refractivity contribution in [1.29, 1.82) is 0 Å². The van der Waals surface area contributed by atoms with Crippen molar-refractivity contribution in [3.05, 3.63) is 71.3 Å². The van der Waals surface area contributed by atoms with Crippen LogP contribution in [0.4, 0.5) is 0 Å². The highest BCUT2D eigenvalue weighted by molar-refractivity contribution is 6.01. The normalized spacial score (nSPS) is 10.9. The van der Waals surface area contributed by atoms with E-state index in [0.717, 1.165) is 5.56 Å². The van der Waals surface area contributed by atoms with Gasteiger partial charge in [-0.05, 0) is 18.1 Å². The molecule has 2 N–H and O–H groups in total. The van der Waals surface area contributed by atoms with Crippen molar-refractivity contribution in [1.82, 2.24) is 0 Å². The third kappa shape index (κ3) is 4.03. The number of rotatable bonds is 3. The minimum absolute atomic E-state index is 0.250. The fourth-order valence-electron chi connectivity index (χ4n) is 1.78. The smallest absolute Gasteiger partial charge is 0.290 e. The number of aliphatic hydroxyl groups excluding tert-OH is 1. The van der Waals surface area contributed by atoms with Gasteiger partial charge in [0.05, 0.1) is 0 Å². The fraction of sp³-hybridized carbons (Fsp3) is 0.125. The van der Waals surface area contributed by atoms with Crippen molar-refractivity contribution in [2.24, 2.45) is 0 Å². The van der Waals surface area contributed by atoms with Gasteiger partial charge in [-0.2, -0.15) is 0 Å². The van der Waals surface area contributed by atoms with E-state index in [2.05, 4.69) is 0 Å². The molecule has 0 amide bonds. The fourth-order valence-corrected chi connectivity index (χ4v) is 1.78. The number of hydrogen-bond donors (Lipinski definition) is 2. The number of Topliss-reactive ketones (excluding diaryl/α,β-unsaturated/α-hetero) is 1. The molecule has 20 heavy (non-hydrogen) atoms. The highest BCUT2D eigenvalue weighted by Crippen LogP contribution is 2.19. The summed E-state index contributed by atoms with van der Waals surface area (Å²) in [4.78, 5) is 20.5. The van der Waals surface area contributed by atoms with Crippen LogP contribution in [0, 0.1) is 6.92 Å². The van der Waals surface area contributed by atoms with E-state index >= 15 is 0 Å². The Bertz CT molecular complexity index is 564. The molecule has 0 spiro atoms. The second kappa shape index (κ2) is 7.86. The molecule has 104 valence electrons. The van der Waals surface area contributed by atoms with Gasteiger partial charge in [0.1, 0.15) is 6.10 Å². The molecule has 0 saturated heterocycles. The van der Waals surface area contributed by atoms with E-state index in [-0.39, 0.29) is 12.3 Å². The van der Waals surface area contributed by atoms with Gasteiger partial charge in [0.2, 0.25) is 0 Å². The van der Waals surface area contributed by atoms with E-state index in [1.165, 1.54) is 0 Å². The summed E-state index contributed by atoms with van der Waals surface area (Å²) < 4.78 is 0. The van der Waals surface area contributed by atoms with Crippen LogP contribution in [0.15, 0.2) is 54.6 Å². The van der Waals surface area contributed by atoms with Crippen LogP contribution in [-0.4, -0.2) is 22.5 Å². The molecule has 2 rings (SSSR count). The molecule has 0 aromatic heterocycles. The first-order valence-corrected chi connectivity index (χ1v) is 6.02. The maximum absolute atomic E-state index is 12.1. The Hall–Kier alpha value is -2.46. The van der Waals surface area contributed by atoms with Gasteiger partial charge in [-0.15, -0.1) is 0 Å². The van der Waals surface area contributed by atoms with Crippen molar-refractivity contribution in [3.8, 4) is 0 Å². The molecule has 0 bridgehead atoms. The lowest BCUT2D eigenvalue weighted by Crippen LogP contribution is -2.13. The van der Waals surface area contributed by atoms with Gasteiger partial charge in [0.15, 0.2) is 5.78 Å². The van der Waals surface area contributed by atoms with Crippen molar-refractivity contribution in [3.63, 3.8) is 0 Å². The van der Waals surface area contributed by atoms with Crippen LogP contribution in [0.25, 0.3) is 0 Å². The van der Waals surface area contributed by atoms with Gasteiger partial charge < -0.3 is 10.2 Å². The molecule has 0 radical (unpaired) electrons. The lowest BCUT2D eigenvalue weighted by Gasteiger charge is -2.11. The first kappa shape index (κ1) is 15.6. The Morgan fingerprint density at radius 1 is 1.05 bits per heavy atom. The quantitative estimate of drug-likeness (QED) is 0.665. The van der Waals surface area contributed by atoms with Gasteiger partial charge in [0, 0.05) is 5.56 Å². The zero-order valence-corrected chi connectivity index (χ0v) is 11.1. The lowest BCUT2D eigenvalue weighted by atomic mass is 9.97. The Kier molecular flexibility index (Phi) is 6.13. The lowest BCUT2D eigenvalue weighted by molar-refractivity contribution is -0.122. The van der Waals surface area contributed by atoms with Gasteiger partial charge in [-0.25, -0.2) is 0 Å². The monoisotopic (exact) mass is 272 g/mol. The molecule has 4 nitrogen and oxygen atoms in total. The summed E-state index contributed by atoms with van der Waals surface area (Å²) in [6.45, 7) is 1.62. The van der Waals surface area contributed by atoms with E-state index < -0.39 is 6.10 Å². The average molecular weight is 272 g/mol. The summed E-state index contributed by atoms with van der Waals surface area (Å²) in [6.07, 6.45) is -1.09. The SMILES string of the molecule is Cc1ccccc1C(=O)C(O)c1ccccc1.O=CO. The first-order chi connectivity index (χ1) is 9.61. The van der Waals surface area contributed by atoms with Gasteiger partial charge in [0.25, 0.3) is 6.47 Å². The minimum atomic E-state index is -1.09. The number of ketones is 1. The molecule has 1 atom stereocenters. The molecule has 1 unspecified atom stereocenters. The van der Waals surface area contributed by atoms with Gasteiger partial charge in [-0.1, -0.05) is 54.6 Å². The van der Waals surface area contributed by atoms with Crippen LogP contribution >= 0.6 is 0 Å². The molecular weight excluding hydrogens is 256 g/mol. The molecule has 2 aromatic rings. The second-order valence-corrected chi connectivity index (χ2v) is 4.10. The Balaban J connectivity index is 0.000000612. The van der Waals surface area contributed by atoms with Gasteiger partial charge >= 0.3 is 0 Å². The van der Waals surface area contributed by atoms with E-state index in [1.54, 1.807) is 24.3 Å². The van der Waals surface area contributed by atoms with E-state index in [0.29, 0.717) is 11.1 Å². The molecule has 0 saturated carbocycles. The zero-order chi connectivity index (χ0) is 15.0. The molecule has 0 aliphatic carbocycles. The van der Waals surface area contributed by atoms with Gasteiger partial charge in [-0.3, -0.25) is 9.59 Å². The van der Waals surface area contributed by atoms with Crippen molar-refractivity contribution >= 4 is 12.3 Å². The number of carbonyl (C=O) groups is 2. The van der Waals surface area contributed by atoms with Crippen LogP contribution in [0.3, 0.4) is 0 Å². The highest BCUT2D eigenvalue weighted by Gasteiger charge is 2.19. The average Bonchev–Trinajstić information content (AvgIpc) is 2.48. The van der Waals surface area contributed by atoms with Crippen LogP contribution in [0.5, 0.6) is 0 Å². The summed E-state index contributed by atoms with van der Waals surface area (Å²) in [6, 6.07) is 16.3. The van der Waals surface area contributed by atoms with E-state index in [9.17, 15) is 9.90 Å². The maximum Gasteiger partial charge on any atom is 0.290 e. The number of hydrogen-bond acceptors (Lipinski definition) is 3. The highest BCUT2D eigenvalue weighted by atomic mass is 16.3. The molecule has 0 aliphatic rings. The summed E-state index contributed by atoms with van der Waals surface area (Å²) in [5.74, 6) is -0.255. The largest absolute Gasteiger partial charge is 0.483 e. The molecule has 4 heteroatoms. The van der Waals surface area contributed by atoms with Crippen LogP contribution < -0.4 is 0 Å². The maximum atomic E-state index is 12.1. The molecular formula is C16H16O4. The standard InChI is InChI=1S/C15H14O2.CH2O2/c1-11-7-5-6-10-13(11)15(17)14(16)12-8-3-2-4-9-12;2-1-3/h2-10,14,16H,1H3;1H,(H,2,3). The third-order valence-corrected chi connectivity index (χ3v) is 2.77. The minimum Gasteiger partial charge on any atom is -0.483 e. The molecule has 0 fully saturated rings. The van der Waals surface area contributed by atoms with Crippen LogP contribution in [0.1, 0.15) is 27.6 Å². The summed E-state index contributed by atoms with van der Waals surface area (Å²) in [5.41, 5.74) is 2.08. The Morgan fingerprint density at radius 3 is 2.10 bits per heavy atom. The number of aliphatic hydroxyl groups is 1. The number of carbonyl (C=O) groups excluding carboxylic acids is 1. The van der Waals surface area contributed by atoms with E-state index in [4.69, 9.17) is 9.90 Å². The second-order valence-electron chi connectivity index (χ2n) is 4.10. The number of carboxylic acid groups (broad SMARTS) is 1. The summed E-state index contributed by atoms with van der Waals surface area (Å²) >= 11 is 0. The predicted octanol–water partition coefficient (Wildman–Crippen LogP) is 2.61. The van der Waals surface area contributed by atoms with Crippen molar-refractivity contribution in [2.45, 2.75) is 13.0 Å². The van der Waals surface area contributed by atoms with E-state index in [1.807, 2.05) is 37.3 Å². The summed E-state index contributed by atoms with van der Waals surface area (Å²) in [7, 11) is 0. The Morgan fingerprint density at radius 2 is 1.55 bits per heavy atom. The van der Waals surface area contributed by atoms with Crippen molar-refractivity contribution in [2.75, 3.05) is 0 Å². The predicted molar refractivity (Wildman–Crippen MR) is 75.6 cm³/mol. The van der Waals surface area contributed by atoms with Crippen LogP contribution in [0.2, 0.25) is 0 Å². The first-order valence-electron chi connectivity index (χ1n) is 6.02. The Labute approximate surface area is 117 Å². The topological polar surface area (TPSA) is 74.6 Å². The number of benzene rings is 2.